The lowest BCUT2D eigenvalue weighted by Crippen LogP contribution is -2.49. The van der Waals surface area contributed by atoms with Crippen LogP contribution in [-0.4, -0.2) is 21.9 Å². The van der Waals surface area contributed by atoms with Gasteiger partial charge < -0.3 is 15.8 Å². The summed E-state index contributed by atoms with van der Waals surface area (Å²) in [5.74, 6) is 1.48. The second kappa shape index (κ2) is 8.52. The molecule has 0 fully saturated rings. The lowest BCUT2D eigenvalue weighted by molar-refractivity contribution is 0.483. The summed E-state index contributed by atoms with van der Waals surface area (Å²) >= 11 is 4.77. The molecule has 4 N–H and O–H groups in total. The first kappa shape index (κ1) is 19.9. The zero-order valence-electron chi connectivity index (χ0n) is 15.7. The van der Waals surface area contributed by atoms with Gasteiger partial charge in [0.15, 0.2) is 4.87 Å². The molecule has 0 radical (unpaired) electrons. The quantitative estimate of drug-likeness (QED) is 0.322. The first-order valence-electron chi connectivity index (χ1n) is 8.89. The van der Waals surface area contributed by atoms with Gasteiger partial charge in [-0.05, 0) is 42.7 Å². The normalized spacial score (nSPS) is 20.9. The highest BCUT2D eigenvalue weighted by Crippen LogP contribution is 2.53. The van der Waals surface area contributed by atoms with Crippen LogP contribution in [0, 0.1) is 5.41 Å². The van der Waals surface area contributed by atoms with Gasteiger partial charge in [-0.1, -0.05) is 36.0 Å². The van der Waals surface area contributed by atoms with Gasteiger partial charge in [0.2, 0.25) is 0 Å². The second-order valence-corrected chi connectivity index (χ2v) is 9.51. The van der Waals surface area contributed by atoms with Crippen molar-refractivity contribution in [3.05, 3.63) is 81.5 Å². The van der Waals surface area contributed by atoms with Crippen LogP contribution in [0.4, 0.5) is 5.69 Å². The van der Waals surface area contributed by atoms with Crippen LogP contribution in [0.3, 0.4) is 0 Å². The van der Waals surface area contributed by atoms with Crippen molar-refractivity contribution in [3.8, 4) is 11.5 Å². The third-order valence-electron chi connectivity index (χ3n) is 4.54. The topological polar surface area (TPSA) is 84.0 Å². The molecule has 29 heavy (non-hydrogen) atoms. The van der Waals surface area contributed by atoms with Gasteiger partial charge in [0.05, 0.1) is 17.1 Å². The zero-order valence-corrected chi connectivity index (χ0v) is 18.1. The number of anilines is 1. The lowest BCUT2D eigenvalue weighted by Gasteiger charge is -2.34. The number of nitrogens with one attached hydrogen (secondary N) is 2. The highest BCUT2D eigenvalue weighted by molar-refractivity contribution is 8.23. The van der Waals surface area contributed by atoms with Gasteiger partial charge >= 0.3 is 0 Å². The summed E-state index contributed by atoms with van der Waals surface area (Å²) in [5.41, 5.74) is 9.73. The van der Waals surface area contributed by atoms with Gasteiger partial charge in [-0.15, -0.1) is 23.1 Å². The highest BCUT2D eigenvalue weighted by atomic mass is 32.2. The summed E-state index contributed by atoms with van der Waals surface area (Å²) in [6, 6.07) is 17.4. The maximum atomic E-state index is 8.38. The van der Waals surface area contributed by atoms with E-state index in [0.717, 1.165) is 27.1 Å². The number of rotatable bonds is 7. The highest BCUT2D eigenvalue weighted by Gasteiger charge is 2.48. The van der Waals surface area contributed by atoms with Gasteiger partial charge in [-0.25, -0.2) is 4.98 Å². The number of thioether (sulfide) groups is 2. The van der Waals surface area contributed by atoms with Crippen molar-refractivity contribution >= 4 is 46.4 Å². The Labute approximate surface area is 182 Å². The van der Waals surface area contributed by atoms with Gasteiger partial charge in [0.25, 0.3) is 0 Å². The van der Waals surface area contributed by atoms with E-state index in [9.17, 15) is 0 Å². The van der Waals surface area contributed by atoms with Gasteiger partial charge in [0, 0.05) is 15.3 Å². The van der Waals surface area contributed by atoms with Gasteiger partial charge in [-0.3, -0.25) is 5.41 Å². The molecule has 3 aromatic rings. The molecule has 0 saturated heterocycles. The smallest absolute Gasteiger partial charge is 0.158 e. The molecule has 2 atom stereocenters. The number of nitrogens with zero attached hydrogens (tertiary/aromatic N) is 1. The third kappa shape index (κ3) is 4.14. The van der Waals surface area contributed by atoms with Crippen molar-refractivity contribution in [2.45, 2.75) is 10.8 Å². The van der Waals surface area contributed by atoms with Crippen LogP contribution >= 0.6 is 34.9 Å². The van der Waals surface area contributed by atoms with E-state index in [2.05, 4.69) is 16.4 Å². The number of aromatic nitrogens is 1. The molecule has 148 valence electrons. The maximum Gasteiger partial charge on any atom is 0.158 e. The Bertz CT molecular complexity index is 1010. The fourth-order valence-corrected chi connectivity index (χ4v) is 5.83. The fraction of sp³-hybridized carbons (Fsp3) is 0.143. The Morgan fingerprint density at radius 3 is 2.52 bits per heavy atom. The minimum Gasteiger partial charge on any atom is -0.457 e. The Balaban J connectivity index is 1.59. The van der Waals surface area contributed by atoms with Crippen molar-refractivity contribution in [1.82, 2.24) is 4.98 Å². The molecule has 0 saturated carbocycles. The van der Waals surface area contributed by atoms with Crippen LogP contribution < -0.4 is 15.8 Å². The molecule has 0 spiro atoms. The molecule has 2 aromatic carbocycles. The van der Waals surface area contributed by atoms with E-state index >= 15 is 0 Å². The monoisotopic (exact) mass is 440 g/mol. The van der Waals surface area contributed by atoms with Crippen LogP contribution in [0.25, 0.3) is 0 Å². The Morgan fingerprint density at radius 2 is 1.90 bits per heavy atom. The molecular formula is C21H20N4OS3. The van der Waals surface area contributed by atoms with E-state index in [1.807, 2.05) is 71.7 Å². The van der Waals surface area contributed by atoms with Crippen LogP contribution in [0.1, 0.15) is 11.6 Å². The number of thiazole rings is 1. The van der Waals surface area contributed by atoms with Crippen molar-refractivity contribution in [2.75, 3.05) is 11.6 Å². The molecule has 1 aromatic heterocycles. The number of amidine groups is 1. The number of hydrogen-bond acceptors (Lipinski definition) is 7. The van der Waals surface area contributed by atoms with Crippen molar-refractivity contribution < 1.29 is 4.74 Å². The molecule has 1 aliphatic heterocycles. The molecule has 4 rings (SSSR count). The molecule has 5 nitrogen and oxygen atoms in total. The summed E-state index contributed by atoms with van der Waals surface area (Å²) < 4.78 is 6.99. The number of benzene rings is 2. The van der Waals surface area contributed by atoms with Crippen LogP contribution in [0.15, 0.2) is 75.8 Å². The number of hydrogen-bond donors (Lipinski definition) is 3. The maximum absolute atomic E-state index is 8.38. The Kier molecular flexibility index (Phi) is 5.84. The summed E-state index contributed by atoms with van der Waals surface area (Å²) in [6.07, 6.45) is 4.18. The number of ether oxygens (including phenoxy) is 1. The van der Waals surface area contributed by atoms with E-state index in [4.69, 9.17) is 15.9 Å². The van der Waals surface area contributed by atoms with Crippen molar-refractivity contribution in [3.63, 3.8) is 0 Å². The molecule has 2 unspecified atom stereocenters. The average Bonchev–Trinajstić information content (AvgIpc) is 3.38. The van der Waals surface area contributed by atoms with Gasteiger partial charge in [-0.2, -0.15) is 0 Å². The fourth-order valence-electron chi connectivity index (χ4n) is 3.13. The van der Waals surface area contributed by atoms with E-state index in [0.29, 0.717) is 0 Å². The second-order valence-electron chi connectivity index (χ2n) is 6.40. The lowest BCUT2D eigenvalue weighted by atomic mass is 9.95. The minimum absolute atomic E-state index is 0.0745. The largest absolute Gasteiger partial charge is 0.457 e. The van der Waals surface area contributed by atoms with E-state index < -0.39 is 4.87 Å². The summed E-state index contributed by atoms with van der Waals surface area (Å²) in [6.45, 7) is 0. The summed E-state index contributed by atoms with van der Waals surface area (Å²) in [7, 11) is 0. The molecule has 1 aliphatic rings. The number of nitrogens with two attached hydrogens (primary N) is 1. The molecule has 8 heteroatoms. The van der Waals surface area contributed by atoms with E-state index in [1.54, 1.807) is 34.9 Å². The molecule has 0 amide bonds. The van der Waals surface area contributed by atoms with Gasteiger partial charge in [0.1, 0.15) is 17.3 Å². The van der Waals surface area contributed by atoms with Crippen LogP contribution in [0.2, 0.25) is 0 Å². The van der Waals surface area contributed by atoms with Crippen molar-refractivity contribution in [2.24, 2.45) is 5.73 Å². The Morgan fingerprint density at radius 1 is 1.17 bits per heavy atom. The van der Waals surface area contributed by atoms with E-state index in [1.165, 1.54) is 0 Å². The first-order chi connectivity index (χ1) is 14.1. The summed E-state index contributed by atoms with van der Waals surface area (Å²) in [4.78, 5) is 3.68. The molecule has 0 bridgehead atoms. The predicted molar refractivity (Wildman–Crippen MR) is 125 cm³/mol. The third-order valence-corrected chi connectivity index (χ3v) is 7.67. The molecule has 2 heterocycles. The average molecular weight is 441 g/mol. The zero-order chi connectivity index (χ0) is 20.3. The molecular weight excluding hydrogens is 420 g/mol. The predicted octanol–water partition coefficient (Wildman–Crippen LogP) is 5.71. The van der Waals surface area contributed by atoms with Crippen molar-refractivity contribution in [1.29, 1.82) is 5.41 Å². The minimum atomic E-state index is -0.811. The molecule has 0 aliphatic carbocycles. The first-order valence-corrected chi connectivity index (χ1v) is 11.9. The number of para-hydroxylation sites is 1. The summed E-state index contributed by atoms with van der Waals surface area (Å²) in [5, 5.41) is 13.9. The van der Waals surface area contributed by atoms with Crippen LogP contribution in [-0.2, 0) is 0 Å². The van der Waals surface area contributed by atoms with Crippen LogP contribution in [0.5, 0.6) is 11.5 Å². The standard InChI is InChI=1S/C21H20N4OS3/c1-27-19-11-17(18-12-28-13-24-18)21(29-19,20(22)23)25-14-7-9-16(10-8-14)26-15-5-3-2-4-6-15/h2-13,17,25H,1H3,(H3,22,23). The SMILES string of the molecule is CSC1=CC(c2cscn2)C(Nc2ccc(Oc3ccccc3)cc2)(C(=N)N)S1. The Hall–Kier alpha value is -2.42. The van der Waals surface area contributed by atoms with E-state index in [-0.39, 0.29) is 11.8 Å².